The predicted octanol–water partition coefficient (Wildman–Crippen LogP) is 3.88. The second kappa shape index (κ2) is 6.73. The van der Waals surface area contributed by atoms with E-state index in [2.05, 4.69) is 10.3 Å². The van der Waals surface area contributed by atoms with Crippen LogP contribution in [0.3, 0.4) is 0 Å². The molecule has 0 unspecified atom stereocenters. The second-order valence-electron chi connectivity index (χ2n) is 4.34. The summed E-state index contributed by atoms with van der Waals surface area (Å²) in [5.41, 5.74) is 2.26. The van der Waals surface area contributed by atoms with Crippen LogP contribution in [0, 0.1) is 0 Å². The quantitative estimate of drug-likeness (QED) is 0.871. The molecule has 0 saturated carbocycles. The van der Waals surface area contributed by atoms with Crippen molar-refractivity contribution in [3.63, 3.8) is 0 Å². The normalized spacial score (nSPS) is 10.3. The van der Waals surface area contributed by atoms with Crippen LogP contribution in [-0.4, -0.2) is 10.9 Å². The zero-order valence-corrected chi connectivity index (χ0v) is 12.5. The van der Waals surface area contributed by atoms with E-state index in [4.69, 9.17) is 23.2 Å². The molecule has 0 fully saturated rings. The van der Waals surface area contributed by atoms with E-state index < -0.39 is 0 Å². The number of aryl methyl sites for hydroxylation is 1. The van der Waals surface area contributed by atoms with Gasteiger partial charge in [-0.15, -0.1) is 0 Å². The second-order valence-corrected chi connectivity index (χ2v) is 5.16. The van der Waals surface area contributed by atoms with Crippen molar-refractivity contribution in [2.75, 3.05) is 0 Å². The SMILES string of the molecule is CCc1cc(C(=O)NCc2cccc(Cl)c2)cc(Cl)n1. The van der Waals surface area contributed by atoms with E-state index in [1.165, 1.54) is 0 Å². The van der Waals surface area contributed by atoms with Crippen LogP contribution in [-0.2, 0) is 13.0 Å². The third-order valence-corrected chi connectivity index (χ3v) is 3.24. The van der Waals surface area contributed by atoms with Crippen LogP contribution in [0.1, 0.15) is 28.5 Å². The number of aromatic nitrogens is 1. The van der Waals surface area contributed by atoms with Crippen LogP contribution >= 0.6 is 23.2 Å². The predicted molar refractivity (Wildman–Crippen MR) is 81.2 cm³/mol. The van der Waals surface area contributed by atoms with E-state index in [0.29, 0.717) is 22.3 Å². The maximum Gasteiger partial charge on any atom is 0.251 e. The zero-order chi connectivity index (χ0) is 14.5. The van der Waals surface area contributed by atoms with Gasteiger partial charge in [-0.2, -0.15) is 0 Å². The monoisotopic (exact) mass is 308 g/mol. The Hall–Kier alpha value is -1.58. The minimum Gasteiger partial charge on any atom is -0.348 e. The molecular weight excluding hydrogens is 295 g/mol. The van der Waals surface area contributed by atoms with Crippen LogP contribution in [0.4, 0.5) is 0 Å². The van der Waals surface area contributed by atoms with Gasteiger partial charge in [0.05, 0.1) is 0 Å². The van der Waals surface area contributed by atoms with Gasteiger partial charge in [0.1, 0.15) is 5.15 Å². The molecule has 104 valence electrons. The standard InChI is InChI=1S/C15H14Cl2N2O/c1-2-13-7-11(8-14(17)19-13)15(20)18-9-10-4-3-5-12(16)6-10/h3-8H,2,9H2,1H3,(H,18,20). The molecule has 0 aliphatic carbocycles. The van der Waals surface area contributed by atoms with Gasteiger partial charge in [-0.3, -0.25) is 4.79 Å². The smallest absolute Gasteiger partial charge is 0.251 e. The molecule has 1 N–H and O–H groups in total. The summed E-state index contributed by atoms with van der Waals surface area (Å²) in [4.78, 5) is 16.2. The van der Waals surface area contributed by atoms with Crippen molar-refractivity contribution < 1.29 is 4.79 Å². The molecule has 0 atom stereocenters. The Kier molecular flexibility index (Phi) is 4.99. The number of hydrogen-bond donors (Lipinski definition) is 1. The third-order valence-electron chi connectivity index (χ3n) is 2.81. The molecule has 3 nitrogen and oxygen atoms in total. The Morgan fingerprint density at radius 2 is 2.05 bits per heavy atom. The molecule has 0 spiro atoms. The maximum atomic E-state index is 12.1. The minimum atomic E-state index is -0.177. The summed E-state index contributed by atoms with van der Waals surface area (Å²) in [5, 5.41) is 3.82. The Balaban J connectivity index is 2.07. The van der Waals surface area contributed by atoms with Gasteiger partial charge in [-0.05, 0) is 36.2 Å². The lowest BCUT2D eigenvalue weighted by Gasteiger charge is -2.07. The van der Waals surface area contributed by atoms with Crippen molar-refractivity contribution in [3.05, 3.63) is 63.4 Å². The van der Waals surface area contributed by atoms with E-state index >= 15 is 0 Å². The summed E-state index contributed by atoms with van der Waals surface area (Å²) in [7, 11) is 0. The minimum absolute atomic E-state index is 0.177. The number of nitrogens with one attached hydrogen (secondary N) is 1. The number of pyridine rings is 1. The summed E-state index contributed by atoms with van der Waals surface area (Å²) in [6, 6.07) is 10.7. The first-order valence-electron chi connectivity index (χ1n) is 6.27. The molecule has 1 aromatic heterocycles. The number of carbonyl (C=O) groups is 1. The van der Waals surface area contributed by atoms with E-state index in [1.54, 1.807) is 18.2 Å². The number of benzene rings is 1. The molecule has 2 aromatic rings. The highest BCUT2D eigenvalue weighted by atomic mass is 35.5. The molecule has 0 radical (unpaired) electrons. The Labute approximate surface area is 127 Å². The zero-order valence-electron chi connectivity index (χ0n) is 11.0. The molecule has 1 amide bonds. The molecule has 1 heterocycles. The molecule has 0 bridgehead atoms. The van der Waals surface area contributed by atoms with Crippen molar-refractivity contribution in [1.82, 2.24) is 10.3 Å². The molecular formula is C15H14Cl2N2O. The number of rotatable bonds is 4. The molecule has 0 saturated heterocycles. The number of carbonyl (C=O) groups excluding carboxylic acids is 1. The third kappa shape index (κ3) is 3.95. The fourth-order valence-corrected chi connectivity index (χ4v) is 2.23. The van der Waals surface area contributed by atoms with Crippen molar-refractivity contribution >= 4 is 29.1 Å². The topological polar surface area (TPSA) is 42.0 Å². The van der Waals surface area contributed by atoms with E-state index in [-0.39, 0.29) is 5.91 Å². The van der Waals surface area contributed by atoms with Gasteiger partial charge in [-0.1, -0.05) is 42.3 Å². The first kappa shape index (κ1) is 14.8. The fourth-order valence-electron chi connectivity index (χ4n) is 1.79. The summed E-state index contributed by atoms with van der Waals surface area (Å²) < 4.78 is 0. The molecule has 20 heavy (non-hydrogen) atoms. The number of halogens is 2. The van der Waals surface area contributed by atoms with Gasteiger partial charge in [-0.25, -0.2) is 4.98 Å². The van der Waals surface area contributed by atoms with Crippen molar-refractivity contribution in [1.29, 1.82) is 0 Å². The molecule has 2 rings (SSSR count). The lowest BCUT2D eigenvalue weighted by Crippen LogP contribution is -2.23. The largest absolute Gasteiger partial charge is 0.348 e. The highest BCUT2D eigenvalue weighted by molar-refractivity contribution is 6.30. The van der Waals surface area contributed by atoms with Crippen molar-refractivity contribution in [2.24, 2.45) is 0 Å². The maximum absolute atomic E-state index is 12.1. The van der Waals surface area contributed by atoms with Crippen LogP contribution in [0.2, 0.25) is 10.2 Å². The lowest BCUT2D eigenvalue weighted by molar-refractivity contribution is 0.0950. The van der Waals surface area contributed by atoms with Gasteiger partial charge < -0.3 is 5.32 Å². The summed E-state index contributed by atoms with van der Waals surface area (Å²) >= 11 is 11.8. The van der Waals surface area contributed by atoms with Crippen LogP contribution in [0.25, 0.3) is 0 Å². The van der Waals surface area contributed by atoms with Crippen LogP contribution in [0.5, 0.6) is 0 Å². The Bertz CT molecular complexity index is 629. The Morgan fingerprint density at radius 1 is 1.25 bits per heavy atom. The van der Waals surface area contributed by atoms with E-state index in [1.807, 2.05) is 25.1 Å². The molecule has 5 heteroatoms. The Morgan fingerprint density at radius 3 is 2.75 bits per heavy atom. The number of nitrogens with zero attached hydrogens (tertiary/aromatic N) is 1. The van der Waals surface area contributed by atoms with E-state index in [0.717, 1.165) is 17.7 Å². The van der Waals surface area contributed by atoms with Crippen molar-refractivity contribution in [2.45, 2.75) is 19.9 Å². The van der Waals surface area contributed by atoms with Crippen LogP contribution in [0.15, 0.2) is 36.4 Å². The first-order chi connectivity index (χ1) is 9.58. The molecule has 0 aliphatic heterocycles. The van der Waals surface area contributed by atoms with E-state index in [9.17, 15) is 4.79 Å². The van der Waals surface area contributed by atoms with Gasteiger partial charge in [0.15, 0.2) is 0 Å². The average Bonchev–Trinajstić information content (AvgIpc) is 2.44. The van der Waals surface area contributed by atoms with Gasteiger partial charge in [0.25, 0.3) is 5.91 Å². The van der Waals surface area contributed by atoms with Gasteiger partial charge in [0, 0.05) is 22.8 Å². The van der Waals surface area contributed by atoms with Crippen molar-refractivity contribution in [3.8, 4) is 0 Å². The highest BCUT2D eigenvalue weighted by Gasteiger charge is 2.08. The summed E-state index contributed by atoms with van der Waals surface area (Å²) in [6.07, 6.45) is 0.731. The first-order valence-corrected chi connectivity index (χ1v) is 7.03. The number of amides is 1. The van der Waals surface area contributed by atoms with Crippen LogP contribution < -0.4 is 5.32 Å². The molecule has 1 aromatic carbocycles. The van der Waals surface area contributed by atoms with Gasteiger partial charge in [0.2, 0.25) is 0 Å². The lowest BCUT2D eigenvalue weighted by atomic mass is 10.2. The summed E-state index contributed by atoms with van der Waals surface area (Å²) in [5.74, 6) is -0.177. The van der Waals surface area contributed by atoms with Gasteiger partial charge >= 0.3 is 0 Å². The average molecular weight is 309 g/mol. The fraction of sp³-hybridized carbons (Fsp3) is 0.200. The number of hydrogen-bond acceptors (Lipinski definition) is 2. The summed E-state index contributed by atoms with van der Waals surface area (Å²) in [6.45, 7) is 2.38. The highest BCUT2D eigenvalue weighted by Crippen LogP contribution is 2.13. The molecule has 0 aliphatic rings.